The average Bonchev–Trinajstić information content (AvgIpc) is 3.33. The molecule has 0 aliphatic heterocycles. The molecule has 1 aromatic heterocycles. The van der Waals surface area contributed by atoms with E-state index in [0.29, 0.717) is 28.1 Å². The molecule has 0 aliphatic rings. The molecule has 6 nitrogen and oxygen atoms in total. The van der Waals surface area contributed by atoms with Crippen molar-refractivity contribution in [3.8, 4) is 0 Å². The Hall–Kier alpha value is -3.56. The van der Waals surface area contributed by atoms with Crippen LogP contribution in [0, 0.1) is 5.92 Å². The fourth-order valence-corrected chi connectivity index (χ4v) is 5.94. The van der Waals surface area contributed by atoms with Gasteiger partial charge < -0.3 is 10.1 Å². The maximum absolute atomic E-state index is 13.9. The predicted octanol–water partition coefficient (Wildman–Crippen LogP) is 9.32. The highest BCUT2D eigenvalue weighted by Crippen LogP contribution is 2.46. The topological polar surface area (TPSA) is 73.2 Å². The molecule has 1 heterocycles. The highest BCUT2D eigenvalue weighted by molar-refractivity contribution is 6.35. The minimum Gasteiger partial charge on any atom is -0.462 e. The lowest BCUT2D eigenvalue weighted by Crippen LogP contribution is -2.28. The molecule has 0 fully saturated rings. The highest BCUT2D eigenvalue weighted by Gasteiger charge is 2.35. The van der Waals surface area contributed by atoms with Crippen LogP contribution in [-0.2, 0) is 22.8 Å². The second-order valence-electron chi connectivity index (χ2n) is 11.9. The van der Waals surface area contributed by atoms with Crippen LogP contribution >= 0.6 is 23.2 Å². The molecular weight excluding hydrogens is 638 g/mol. The number of fused-ring (bicyclic) bond motifs is 1. The molecular formula is C35H38Cl2F3N3O3. The molecule has 1 N–H and O–H groups in total. The van der Waals surface area contributed by atoms with Gasteiger partial charge in [-0.3, -0.25) is 14.3 Å². The lowest BCUT2D eigenvalue weighted by atomic mass is 9.76. The maximum atomic E-state index is 13.9. The predicted molar refractivity (Wildman–Crippen MR) is 175 cm³/mol. The first kappa shape index (κ1) is 35.3. The van der Waals surface area contributed by atoms with E-state index in [2.05, 4.69) is 10.4 Å². The van der Waals surface area contributed by atoms with Crippen LogP contribution in [0.15, 0.2) is 60.7 Å². The van der Waals surface area contributed by atoms with Gasteiger partial charge in [0.1, 0.15) is 11.6 Å². The van der Waals surface area contributed by atoms with Crippen molar-refractivity contribution in [3.05, 3.63) is 98.7 Å². The lowest BCUT2D eigenvalue weighted by Gasteiger charge is -2.29. The zero-order valence-corrected chi connectivity index (χ0v) is 27.9. The second kappa shape index (κ2) is 14.9. The molecule has 4 aromatic rings. The molecule has 0 saturated heterocycles. The van der Waals surface area contributed by atoms with Crippen molar-refractivity contribution in [2.24, 2.45) is 13.0 Å². The fourth-order valence-electron chi connectivity index (χ4n) is 5.56. The van der Waals surface area contributed by atoms with Crippen molar-refractivity contribution in [3.63, 3.8) is 0 Å². The number of alkyl halides is 3. The van der Waals surface area contributed by atoms with Gasteiger partial charge in [-0.2, -0.15) is 18.3 Å². The third-order valence-electron chi connectivity index (χ3n) is 8.26. The molecule has 246 valence electrons. The third kappa shape index (κ3) is 8.23. The van der Waals surface area contributed by atoms with Crippen LogP contribution in [0.1, 0.15) is 91.5 Å². The summed E-state index contributed by atoms with van der Waals surface area (Å²) in [6, 6.07) is 16.4. The summed E-state index contributed by atoms with van der Waals surface area (Å²) in [7, 11) is 1.71. The number of aryl methyl sites for hydroxylation is 1. The van der Waals surface area contributed by atoms with Crippen molar-refractivity contribution in [2.45, 2.75) is 71.1 Å². The van der Waals surface area contributed by atoms with E-state index in [-0.39, 0.29) is 53.3 Å². The average molecular weight is 677 g/mol. The zero-order valence-electron chi connectivity index (χ0n) is 26.4. The Morgan fingerprint density at radius 1 is 0.978 bits per heavy atom. The second-order valence-corrected chi connectivity index (χ2v) is 12.7. The van der Waals surface area contributed by atoms with E-state index >= 15 is 0 Å². The monoisotopic (exact) mass is 675 g/mol. The van der Waals surface area contributed by atoms with E-state index in [1.807, 2.05) is 52.0 Å². The molecule has 0 radical (unpaired) electrons. The summed E-state index contributed by atoms with van der Waals surface area (Å²) in [4.78, 5) is 25.0. The summed E-state index contributed by atoms with van der Waals surface area (Å²) in [5, 5.41) is 8.08. The molecule has 4 rings (SSSR count). The van der Waals surface area contributed by atoms with E-state index in [1.54, 1.807) is 36.0 Å². The number of aromatic nitrogens is 2. The Labute approximate surface area is 277 Å². The van der Waals surface area contributed by atoms with E-state index in [4.69, 9.17) is 27.9 Å². The van der Waals surface area contributed by atoms with Crippen LogP contribution in [0.5, 0.6) is 0 Å². The molecule has 0 saturated carbocycles. The molecule has 1 amide bonds. The van der Waals surface area contributed by atoms with E-state index in [9.17, 15) is 22.8 Å². The number of carbonyl (C=O) groups excluding carboxylic acids is 2. The molecule has 0 aliphatic carbocycles. The largest absolute Gasteiger partial charge is 0.462 e. The Balaban J connectivity index is 1.69. The third-order valence-corrected chi connectivity index (χ3v) is 8.80. The molecule has 3 unspecified atom stereocenters. The van der Waals surface area contributed by atoms with Gasteiger partial charge in [-0.25, -0.2) is 0 Å². The fraction of sp³-hybridized carbons (Fsp3) is 0.400. The van der Waals surface area contributed by atoms with Crippen molar-refractivity contribution in [1.82, 2.24) is 15.1 Å². The summed E-state index contributed by atoms with van der Waals surface area (Å²) in [6.45, 7) is 7.93. The van der Waals surface area contributed by atoms with Gasteiger partial charge in [0.05, 0.1) is 22.7 Å². The Morgan fingerprint density at radius 2 is 1.61 bits per heavy atom. The van der Waals surface area contributed by atoms with Gasteiger partial charge in [0.2, 0.25) is 0 Å². The molecule has 0 bridgehead atoms. The van der Waals surface area contributed by atoms with Crippen molar-refractivity contribution in [1.29, 1.82) is 0 Å². The minimum atomic E-state index is -4.59. The van der Waals surface area contributed by atoms with Crippen LogP contribution in [0.25, 0.3) is 10.9 Å². The van der Waals surface area contributed by atoms with Gasteiger partial charge in [-0.1, -0.05) is 74.7 Å². The van der Waals surface area contributed by atoms with Crippen molar-refractivity contribution >= 4 is 46.0 Å². The molecule has 3 aromatic carbocycles. The molecule has 3 atom stereocenters. The number of nitrogens with zero attached hydrogens (tertiary/aromatic N) is 2. The SMILES string of the molecule is CCCC(c1ccc(C(=O)NCCC(=O)OC(C)C(C)C)cc1)C(c1ccc(Cl)cc1)c1c2cc(C(F)(F)F)cc(Cl)c2nn1C. The molecule has 0 spiro atoms. The van der Waals surface area contributed by atoms with Gasteiger partial charge in [0.25, 0.3) is 5.91 Å². The normalized spacial score (nSPS) is 13.9. The van der Waals surface area contributed by atoms with Gasteiger partial charge in [0, 0.05) is 35.5 Å². The van der Waals surface area contributed by atoms with E-state index in [1.165, 1.54) is 0 Å². The number of amides is 1. The minimum absolute atomic E-state index is 0.0565. The number of halogens is 5. The van der Waals surface area contributed by atoms with Crippen LogP contribution in [-0.4, -0.2) is 34.3 Å². The van der Waals surface area contributed by atoms with E-state index < -0.39 is 17.7 Å². The zero-order chi connectivity index (χ0) is 33.8. The highest BCUT2D eigenvalue weighted by atomic mass is 35.5. The summed E-state index contributed by atoms with van der Waals surface area (Å²) in [6.07, 6.45) is -3.27. The Morgan fingerprint density at radius 3 is 2.20 bits per heavy atom. The van der Waals surface area contributed by atoms with Crippen LogP contribution in [0.2, 0.25) is 10.0 Å². The van der Waals surface area contributed by atoms with E-state index in [0.717, 1.165) is 29.7 Å². The van der Waals surface area contributed by atoms with Crippen LogP contribution < -0.4 is 5.32 Å². The van der Waals surface area contributed by atoms with Crippen LogP contribution in [0.3, 0.4) is 0 Å². The number of rotatable bonds is 12. The summed E-state index contributed by atoms with van der Waals surface area (Å²) >= 11 is 12.6. The van der Waals surface area contributed by atoms with Crippen molar-refractivity contribution in [2.75, 3.05) is 6.54 Å². The number of hydrogen-bond acceptors (Lipinski definition) is 4. The lowest BCUT2D eigenvalue weighted by molar-refractivity contribution is -0.150. The Bertz CT molecular complexity index is 1670. The van der Waals surface area contributed by atoms with Gasteiger partial charge in [-0.15, -0.1) is 0 Å². The van der Waals surface area contributed by atoms with Gasteiger partial charge in [0.15, 0.2) is 0 Å². The first-order valence-electron chi connectivity index (χ1n) is 15.3. The number of ether oxygens (including phenoxy) is 1. The Kier molecular flexibility index (Phi) is 11.4. The first-order chi connectivity index (χ1) is 21.7. The first-order valence-corrected chi connectivity index (χ1v) is 16.0. The van der Waals surface area contributed by atoms with Crippen molar-refractivity contribution < 1.29 is 27.5 Å². The quantitative estimate of drug-likeness (QED) is 0.152. The summed E-state index contributed by atoms with van der Waals surface area (Å²) in [5.41, 5.74) is 2.19. The smallest absolute Gasteiger partial charge is 0.416 e. The molecule has 11 heteroatoms. The van der Waals surface area contributed by atoms with Gasteiger partial charge >= 0.3 is 12.1 Å². The summed E-state index contributed by atoms with van der Waals surface area (Å²) < 4.78 is 48.6. The number of hydrogen-bond donors (Lipinski definition) is 1. The number of nitrogens with one attached hydrogen (secondary N) is 1. The number of benzene rings is 3. The molecule has 46 heavy (non-hydrogen) atoms. The number of carbonyl (C=O) groups is 2. The standard InChI is InChI=1S/C35H38Cl2F3N3O3/c1-6-7-27(22-8-10-24(11-9-22)34(45)41-17-16-30(44)46-21(4)20(2)3)31(23-12-14-26(36)15-13-23)33-28-18-25(35(38,39)40)19-29(37)32(28)42-43(33)5/h8-15,18-21,27,31H,6-7,16-17H2,1-5H3,(H,41,45). The van der Waals surface area contributed by atoms with Gasteiger partial charge in [-0.05, 0) is 72.7 Å². The maximum Gasteiger partial charge on any atom is 0.416 e. The van der Waals surface area contributed by atoms with Crippen LogP contribution in [0.4, 0.5) is 13.2 Å². The summed E-state index contributed by atoms with van der Waals surface area (Å²) in [5.74, 6) is -1.14. The number of esters is 1.